The third-order valence-corrected chi connectivity index (χ3v) is 7.48. The van der Waals surface area contributed by atoms with E-state index in [0.717, 1.165) is 12.8 Å². The first-order chi connectivity index (χ1) is 16.9. The van der Waals surface area contributed by atoms with E-state index in [1.54, 1.807) is 0 Å². The van der Waals surface area contributed by atoms with Crippen molar-refractivity contribution in [3.8, 4) is 11.1 Å². The SMILES string of the molecule is CCC(C)C(NC(=O)C[C@@H]1CC[C@H](NC(=O)OCC2c3ccccc3-c3ccccc32)C1)C(=O)O. The van der Waals surface area contributed by atoms with Gasteiger partial charge >= 0.3 is 12.1 Å². The van der Waals surface area contributed by atoms with Crippen LogP contribution in [0.25, 0.3) is 11.1 Å². The van der Waals surface area contributed by atoms with Crippen LogP contribution in [-0.4, -0.2) is 41.8 Å². The second-order valence-electron chi connectivity index (χ2n) is 9.82. The maximum Gasteiger partial charge on any atom is 0.407 e. The topological polar surface area (TPSA) is 105 Å². The Morgan fingerprint density at radius 3 is 2.26 bits per heavy atom. The summed E-state index contributed by atoms with van der Waals surface area (Å²) in [6, 6.07) is 15.5. The summed E-state index contributed by atoms with van der Waals surface area (Å²) < 4.78 is 5.64. The molecular formula is C28H34N2O5. The molecule has 0 aliphatic heterocycles. The molecular weight excluding hydrogens is 444 g/mol. The Hall–Kier alpha value is -3.35. The van der Waals surface area contributed by atoms with E-state index in [2.05, 4.69) is 34.9 Å². The van der Waals surface area contributed by atoms with Crippen LogP contribution in [0.2, 0.25) is 0 Å². The van der Waals surface area contributed by atoms with Gasteiger partial charge in [-0.05, 0) is 53.4 Å². The Morgan fingerprint density at radius 2 is 1.66 bits per heavy atom. The Labute approximate surface area is 206 Å². The Bertz CT molecular complexity index is 1040. The normalized spacial score (nSPS) is 20.4. The van der Waals surface area contributed by atoms with Crippen molar-refractivity contribution in [3.05, 3.63) is 59.7 Å². The molecule has 1 saturated carbocycles. The number of hydrogen-bond donors (Lipinski definition) is 3. The number of carboxylic acid groups (broad SMARTS) is 1. The van der Waals surface area contributed by atoms with Crippen LogP contribution in [0.15, 0.2) is 48.5 Å². The molecule has 4 atom stereocenters. The average molecular weight is 479 g/mol. The van der Waals surface area contributed by atoms with Crippen LogP contribution in [-0.2, 0) is 14.3 Å². The van der Waals surface area contributed by atoms with Gasteiger partial charge in [0.2, 0.25) is 5.91 Å². The molecule has 7 heteroatoms. The highest BCUT2D eigenvalue weighted by molar-refractivity contribution is 5.84. The van der Waals surface area contributed by atoms with E-state index >= 15 is 0 Å². The Balaban J connectivity index is 1.25. The predicted molar refractivity (Wildman–Crippen MR) is 133 cm³/mol. The van der Waals surface area contributed by atoms with E-state index in [9.17, 15) is 19.5 Å². The quantitative estimate of drug-likeness (QED) is 0.485. The van der Waals surface area contributed by atoms with Crippen LogP contribution in [0.1, 0.15) is 63.0 Å². The zero-order valence-electron chi connectivity index (χ0n) is 20.3. The van der Waals surface area contributed by atoms with Crippen molar-refractivity contribution in [1.82, 2.24) is 10.6 Å². The molecule has 0 heterocycles. The lowest BCUT2D eigenvalue weighted by Gasteiger charge is -2.21. The second kappa shape index (κ2) is 10.9. The maximum absolute atomic E-state index is 12.6. The monoisotopic (exact) mass is 478 g/mol. The van der Waals surface area contributed by atoms with E-state index in [1.165, 1.54) is 22.3 Å². The third kappa shape index (κ3) is 5.66. The first-order valence-electron chi connectivity index (χ1n) is 12.5. The van der Waals surface area contributed by atoms with Crippen LogP contribution in [0, 0.1) is 11.8 Å². The fourth-order valence-electron chi connectivity index (χ4n) is 5.38. The summed E-state index contributed by atoms with van der Waals surface area (Å²) in [7, 11) is 0. The molecule has 186 valence electrons. The molecule has 2 aliphatic rings. The molecule has 7 nitrogen and oxygen atoms in total. The molecule has 2 aromatic carbocycles. The van der Waals surface area contributed by atoms with Gasteiger partial charge in [0.05, 0.1) is 0 Å². The van der Waals surface area contributed by atoms with Crippen molar-refractivity contribution in [3.63, 3.8) is 0 Å². The number of carboxylic acids is 1. The lowest BCUT2D eigenvalue weighted by Crippen LogP contribution is -2.45. The summed E-state index contributed by atoms with van der Waals surface area (Å²) >= 11 is 0. The molecule has 2 unspecified atom stereocenters. The zero-order valence-corrected chi connectivity index (χ0v) is 20.3. The predicted octanol–water partition coefficient (Wildman–Crippen LogP) is 4.70. The molecule has 35 heavy (non-hydrogen) atoms. The minimum absolute atomic E-state index is 0.0147. The van der Waals surface area contributed by atoms with Gasteiger partial charge in [-0.1, -0.05) is 68.8 Å². The van der Waals surface area contributed by atoms with Crippen molar-refractivity contribution in [2.45, 2.75) is 64.0 Å². The van der Waals surface area contributed by atoms with Crippen molar-refractivity contribution in [1.29, 1.82) is 0 Å². The van der Waals surface area contributed by atoms with Gasteiger partial charge in [-0.2, -0.15) is 0 Å². The number of fused-ring (bicyclic) bond motifs is 3. The molecule has 3 N–H and O–H groups in total. The van der Waals surface area contributed by atoms with Gasteiger partial charge in [0.15, 0.2) is 0 Å². The minimum atomic E-state index is -1.01. The molecule has 4 rings (SSSR count). The summed E-state index contributed by atoms with van der Waals surface area (Å²) in [4.78, 5) is 36.4. The van der Waals surface area contributed by atoms with Gasteiger partial charge in [-0.3, -0.25) is 4.79 Å². The molecule has 1 fully saturated rings. The van der Waals surface area contributed by atoms with E-state index in [4.69, 9.17) is 4.74 Å². The Kier molecular flexibility index (Phi) is 7.73. The largest absolute Gasteiger partial charge is 0.480 e. The number of alkyl carbamates (subject to hydrolysis) is 1. The molecule has 0 saturated heterocycles. The lowest BCUT2D eigenvalue weighted by atomic mass is 9.98. The van der Waals surface area contributed by atoms with Crippen LogP contribution in [0.4, 0.5) is 4.79 Å². The van der Waals surface area contributed by atoms with Gasteiger partial charge in [0.25, 0.3) is 0 Å². The Morgan fingerprint density at radius 1 is 1.03 bits per heavy atom. The number of carbonyl (C=O) groups is 3. The smallest absolute Gasteiger partial charge is 0.407 e. The van der Waals surface area contributed by atoms with Gasteiger partial charge in [0, 0.05) is 18.4 Å². The fourth-order valence-corrected chi connectivity index (χ4v) is 5.38. The third-order valence-electron chi connectivity index (χ3n) is 7.48. The van der Waals surface area contributed by atoms with Crippen LogP contribution in [0.3, 0.4) is 0 Å². The number of carbonyl (C=O) groups excluding carboxylic acids is 2. The number of ether oxygens (including phenoxy) is 1. The van der Waals surface area contributed by atoms with E-state index in [0.29, 0.717) is 12.8 Å². The second-order valence-corrected chi connectivity index (χ2v) is 9.82. The molecule has 0 bridgehead atoms. The van der Waals surface area contributed by atoms with Gasteiger partial charge in [-0.15, -0.1) is 0 Å². The number of nitrogens with one attached hydrogen (secondary N) is 2. The number of aliphatic carboxylic acids is 1. The van der Waals surface area contributed by atoms with E-state index in [-0.39, 0.29) is 42.7 Å². The number of amides is 2. The van der Waals surface area contributed by atoms with Gasteiger partial charge < -0.3 is 20.5 Å². The highest BCUT2D eigenvalue weighted by Crippen LogP contribution is 2.44. The van der Waals surface area contributed by atoms with Crippen molar-refractivity contribution in [2.75, 3.05) is 6.61 Å². The first kappa shape index (κ1) is 24.8. The van der Waals surface area contributed by atoms with E-state index in [1.807, 2.05) is 38.1 Å². The maximum atomic E-state index is 12.6. The summed E-state index contributed by atoms with van der Waals surface area (Å²) in [6.07, 6.45) is 2.76. The van der Waals surface area contributed by atoms with Crippen molar-refractivity contribution >= 4 is 18.0 Å². The first-order valence-corrected chi connectivity index (χ1v) is 12.5. The lowest BCUT2D eigenvalue weighted by molar-refractivity contribution is -0.143. The molecule has 2 amide bonds. The molecule has 0 aromatic heterocycles. The average Bonchev–Trinajstić information content (AvgIpc) is 3.42. The van der Waals surface area contributed by atoms with Gasteiger partial charge in [0.1, 0.15) is 12.6 Å². The number of rotatable bonds is 9. The molecule has 0 radical (unpaired) electrons. The highest BCUT2D eigenvalue weighted by Gasteiger charge is 2.32. The fraction of sp³-hybridized carbons (Fsp3) is 0.464. The summed E-state index contributed by atoms with van der Waals surface area (Å²) in [5, 5.41) is 15.0. The molecule has 2 aliphatic carbocycles. The van der Waals surface area contributed by atoms with Crippen LogP contribution < -0.4 is 10.6 Å². The van der Waals surface area contributed by atoms with Gasteiger partial charge in [-0.25, -0.2) is 9.59 Å². The van der Waals surface area contributed by atoms with Crippen LogP contribution >= 0.6 is 0 Å². The standard InChI is InChI=1S/C28H34N2O5/c1-3-17(2)26(27(32)33)30-25(31)15-18-12-13-19(14-18)29-28(34)35-16-24-22-10-6-4-8-20(22)21-9-5-7-11-23(21)24/h4-11,17-19,24,26H,3,12-16H2,1-2H3,(H,29,34)(H,30,31)(H,32,33)/t17?,18-,19+,26?/m1/s1. The zero-order chi connectivity index (χ0) is 24.9. The number of benzene rings is 2. The number of hydrogen-bond acceptors (Lipinski definition) is 4. The summed E-state index contributed by atoms with van der Waals surface area (Å²) in [6.45, 7) is 4.00. The minimum Gasteiger partial charge on any atom is -0.480 e. The highest BCUT2D eigenvalue weighted by atomic mass is 16.5. The summed E-state index contributed by atoms with van der Waals surface area (Å²) in [5.74, 6) is -1.26. The van der Waals surface area contributed by atoms with Crippen molar-refractivity contribution in [2.24, 2.45) is 11.8 Å². The molecule has 0 spiro atoms. The summed E-state index contributed by atoms with van der Waals surface area (Å²) in [5.41, 5.74) is 4.72. The van der Waals surface area contributed by atoms with Crippen LogP contribution in [0.5, 0.6) is 0 Å². The van der Waals surface area contributed by atoms with Crippen molar-refractivity contribution < 1.29 is 24.2 Å². The van der Waals surface area contributed by atoms with E-state index < -0.39 is 18.1 Å². The molecule has 2 aromatic rings.